The van der Waals surface area contributed by atoms with Gasteiger partial charge in [0, 0.05) is 18.9 Å². The van der Waals surface area contributed by atoms with Gasteiger partial charge in [-0.25, -0.2) is 4.98 Å². The van der Waals surface area contributed by atoms with Gasteiger partial charge in [-0.3, -0.25) is 0 Å². The first-order valence-corrected chi connectivity index (χ1v) is 7.67. The zero-order valence-electron chi connectivity index (χ0n) is 10.9. The molecule has 2 heterocycles. The Bertz CT molecular complexity index is 509. The molecule has 2 unspecified atom stereocenters. The lowest BCUT2D eigenvalue weighted by Crippen LogP contribution is -2.32. The molecular formula is C14H19N3OS. The number of nitrogens with two attached hydrogens (primary N) is 1. The van der Waals surface area contributed by atoms with Crippen LogP contribution in [0.1, 0.15) is 36.6 Å². The van der Waals surface area contributed by atoms with E-state index in [0.717, 1.165) is 23.5 Å². The lowest BCUT2D eigenvalue weighted by atomic mass is 9.92. The molecule has 1 aliphatic rings. The van der Waals surface area contributed by atoms with Crippen molar-refractivity contribution in [2.75, 3.05) is 0 Å². The normalized spacial score (nSPS) is 23.4. The number of imidazole rings is 1. The maximum Gasteiger partial charge on any atom is 0.135 e. The van der Waals surface area contributed by atoms with E-state index in [1.54, 1.807) is 11.3 Å². The molecule has 2 aromatic rings. The molecule has 0 spiro atoms. The van der Waals surface area contributed by atoms with Crippen LogP contribution >= 0.6 is 11.3 Å². The zero-order valence-corrected chi connectivity index (χ0v) is 11.7. The van der Waals surface area contributed by atoms with Crippen molar-refractivity contribution >= 4 is 11.3 Å². The number of nitrogens with zero attached hydrogens (tertiary/aromatic N) is 2. The van der Waals surface area contributed by atoms with Crippen molar-refractivity contribution < 1.29 is 4.74 Å². The molecular weight excluding hydrogens is 258 g/mol. The Hall–Kier alpha value is -1.33. The van der Waals surface area contributed by atoms with E-state index in [1.807, 2.05) is 30.2 Å². The highest BCUT2D eigenvalue weighted by Gasteiger charge is 2.28. The summed E-state index contributed by atoms with van der Waals surface area (Å²) in [5.74, 6) is 0.963. The average molecular weight is 277 g/mol. The molecule has 0 aromatic carbocycles. The van der Waals surface area contributed by atoms with Crippen molar-refractivity contribution in [3.8, 4) is 5.75 Å². The van der Waals surface area contributed by atoms with Crippen molar-refractivity contribution in [3.63, 3.8) is 0 Å². The summed E-state index contributed by atoms with van der Waals surface area (Å²) in [5, 5.41) is 2.05. The van der Waals surface area contributed by atoms with Crippen LogP contribution in [0.15, 0.2) is 30.2 Å². The van der Waals surface area contributed by atoms with E-state index in [-0.39, 0.29) is 6.10 Å². The summed E-state index contributed by atoms with van der Waals surface area (Å²) in [7, 11) is 0. The molecule has 0 amide bonds. The number of hydrogen-bond acceptors (Lipinski definition) is 4. The minimum Gasteiger partial charge on any atom is -0.487 e. The van der Waals surface area contributed by atoms with E-state index < -0.39 is 0 Å². The Morgan fingerprint density at radius 3 is 3.11 bits per heavy atom. The van der Waals surface area contributed by atoms with Crippen LogP contribution in [0.4, 0.5) is 0 Å². The van der Waals surface area contributed by atoms with E-state index in [0.29, 0.717) is 12.6 Å². The van der Waals surface area contributed by atoms with Gasteiger partial charge in [0.05, 0.1) is 17.2 Å². The highest BCUT2D eigenvalue weighted by molar-refractivity contribution is 7.10. The van der Waals surface area contributed by atoms with Gasteiger partial charge < -0.3 is 15.0 Å². The molecule has 2 N–H and O–H groups in total. The predicted octanol–water partition coefficient (Wildman–Crippen LogP) is 2.97. The summed E-state index contributed by atoms with van der Waals surface area (Å²) in [6.45, 7) is 0.551. The molecule has 1 fully saturated rings. The van der Waals surface area contributed by atoms with Crippen molar-refractivity contribution in [1.29, 1.82) is 0 Å². The van der Waals surface area contributed by atoms with E-state index in [2.05, 4.69) is 9.55 Å². The quantitative estimate of drug-likeness (QED) is 0.934. The number of thiophene rings is 1. The largest absolute Gasteiger partial charge is 0.487 e. The van der Waals surface area contributed by atoms with Gasteiger partial charge in [0.25, 0.3) is 0 Å². The van der Waals surface area contributed by atoms with Crippen LogP contribution in [-0.2, 0) is 6.54 Å². The van der Waals surface area contributed by atoms with Crippen LogP contribution in [0.5, 0.6) is 5.75 Å². The van der Waals surface area contributed by atoms with E-state index in [1.165, 1.54) is 12.8 Å². The maximum absolute atomic E-state index is 6.24. The van der Waals surface area contributed by atoms with Gasteiger partial charge in [0.2, 0.25) is 0 Å². The van der Waals surface area contributed by atoms with E-state index in [9.17, 15) is 0 Å². The minimum atomic E-state index is 0.225. The van der Waals surface area contributed by atoms with Gasteiger partial charge in [0.15, 0.2) is 0 Å². The number of rotatable bonds is 4. The Kier molecular flexibility index (Phi) is 3.84. The molecule has 5 heteroatoms. The Balaban J connectivity index is 1.77. The Morgan fingerprint density at radius 1 is 1.42 bits per heavy atom. The van der Waals surface area contributed by atoms with E-state index in [4.69, 9.17) is 10.5 Å². The molecule has 2 atom stereocenters. The fraction of sp³-hybridized carbons (Fsp3) is 0.500. The minimum absolute atomic E-state index is 0.225. The second-order valence-electron chi connectivity index (χ2n) is 4.93. The third-order valence-electron chi connectivity index (χ3n) is 3.74. The van der Waals surface area contributed by atoms with Gasteiger partial charge in [-0.2, -0.15) is 0 Å². The van der Waals surface area contributed by atoms with Gasteiger partial charge in [-0.05, 0) is 30.7 Å². The van der Waals surface area contributed by atoms with Crippen molar-refractivity contribution in [1.82, 2.24) is 9.55 Å². The smallest absolute Gasteiger partial charge is 0.135 e. The summed E-state index contributed by atoms with van der Waals surface area (Å²) < 4.78 is 8.41. The predicted molar refractivity (Wildman–Crippen MR) is 76.4 cm³/mol. The number of ether oxygens (including phenoxy) is 1. The molecule has 0 radical (unpaired) electrons. The third-order valence-corrected chi connectivity index (χ3v) is 4.67. The number of hydrogen-bond donors (Lipinski definition) is 1. The zero-order chi connectivity index (χ0) is 13.1. The Labute approximate surface area is 117 Å². The molecule has 0 saturated heterocycles. The summed E-state index contributed by atoms with van der Waals surface area (Å²) >= 11 is 1.67. The molecule has 0 aliphatic heterocycles. The van der Waals surface area contributed by atoms with Gasteiger partial charge in [-0.1, -0.05) is 6.42 Å². The molecule has 3 rings (SSSR count). The topological polar surface area (TPSA) is 53.1 Å². The van der Waals surface area contributed by atoms with Crippen LogP contribution in [0.2, 0.25) is 0 Å². The maximum atomic E-state index is 6.24. The second kappa shape index (κ2) is 5.75. The van der Waals surface area contributed by atoms with E-state index >= 15 is 0 Å². The van der Waals surface area contributed by atoms with Crippen molar-refractivity contribution in [3.05, 3.63) is 35.0 Å². The van der Waals surface area contributed by atoms with Crippen LogP contribution in [0.25, 0.3) is 0 Å². The highest BCUT2D eigenvalue weighted by atomic mass is 32.1. The summed E-state index contributed by atoms with van der Waals surface area (Å²) in [4.78, 5) is 5.29. The number of aromatic nitrogens is 2. The SMILES string of the molecule is NCc1sccc1OC1CCCCC1n1ccnc1. The summed E-state index contributed by atoms with van der Waals surface area (Å²) in [6, 6.07) is 2.42. The lowest BCUT2D eigenvalue weighted by molar-refractivity contribution is 0.0973. The highest BCUT2D eigenvalue weighted by Crippen LogP contribution is 2.34. The molecule has 1 saturated carbocycles. The summed E-state index contributed by atoms with van der Waals surface area (Å²) in [6.07, 6.45) is 10.7. The van der Waals surface area contributed by atoms with Crippen LogP contribution < -0.4 is 10.5 Å². The molecule has 102 valence electrons. The van der Waals surface area contributed by atoms with Crippen molar-refractivity contribution in [2.45, 2.75) is 44.4 Å². The average Bonchev–Trinajstić information content (AvgIpc) is 3.10. The summed E-state index contributed by atoms with van der Waals surface area (Å²) in [5.41, 5.74) is 5.74. The third kappa shape index (κ3) is 2.67. The lowest BCUT2D eigenvalue weighted by Gasteiger charge is -2.32. The standard InChI is InChI=1S/C14H19N3OS/c15-9-14-13(5-8-19-14)18-12-4-2-1-3-11(12)17-7-6-16-10-17/h5-8,10-12H,1-4,9,15H2. The Morgan fingerprint density at radius 2 is 2.32 bits per heavy atom. The fourth-order valence-corrected chi connectivity index (χ4v) is 3.45. The second-order valence-corrected chi connectivity index (χ2v) is 5.93. The van der Waals surface area contributed by atoms with Crippen LogP contribution in [0, 0.1) is 0 Å². The van der Waals surface area contributed by atoms with Crippen molar-refractivity contribution in [2.24, 2.45) is 5.73 Å². The first-order valence-electron chi connectivity index (χ1n) is 6.79. The van der Waals surface area contributed by atoms with Gasteiger partial charge in [-0.15, -0.1) is 11.3 Å². The van der Waals surface area contributed by atoms with Gasteiger partial charge in [0.1, 0.15) is 11.9 Å². The first kappa shape index (κ1) is 12.7. The monoisotopic (exact) mass is 277 g/mol. The van der Waals surface area contributed by atoms with Crippen LogP contribution in [-0.4, -0.2) is 15.7 Å². The van der Waals surface area contributed by atoms with Crippen LogP contribution in [0.3, 0.4) is 0 Å². The molecule has 19 heavy (non-hydrogen) atoms. The van der Waals surface area contributed by atoms with Gasteiger partial charge >= 0.3 is 0 Å². The molecule has 2 aromatic heterocycles. The molecule has 4 nitrogen and oxygen atoms in total. The first-order chi connectivity index (χ1) is 9.38. The molecule has 1 aliphatic carbocycles. The molecule has 0 bridgehead atoms. The fourth-order valence-electron chi connectivity index (χ4n) is 2.77.